The van der Waals surface area contributed by atoms with Gasteiger partial charge >= 0.3 is 0 Å². The molecule has 92 valence electrons. The molecule has 1 aromatic rings. The Bertz CT molecular complexity index is 424. The first kappa shape index (κ1) is 13.6. The molecular weight excluding hydrogens is 298 g/mol. The SMILES string of the molecule is CNCCCNS(=O)(=O)c1c(Br)nnn1C. The van der Waals surface area contributed by atoms with Crippen LogP contribution >= 0.6 is 15.9 Å². The van der Waals surface area contributed by atoms with Crippen LogP contribution in [0.3, 0.4) is 0 Å². The first-order valence-electron chi connectivity index (χ1n) is 4.68. The minimum atomic E-state index is -3.55. The molecule has 0 saturated carbocycles. The molecule has 0 aliphatic heterocycles. The van der Waals surface area contributed by atoms with Crippen LogP contribution in [0.1, 0.15) is 6.42 Å². The fourth-order valence-corrected chi connectivity index (χ4v) is 3.31. The number of aromatic nitrogens is 3. The van der Waals surface area contributed by atoms with Crippen molar-refractivity contribution in [1.82, 2.24) is 25.0 Å². The van der Waals surface area contributed by atoms with Gasteiger partial charge in [-0.2, -0.15) is 0 Å². The van der Waals surface area contributed by atoms with Gasteiger partial charge in [0, 0.05) is 13.6 Å². The Morgan fingerprint density at radius 3 is 2.62 bits per heavy atom. The minimum Gasteiger partial charge on any atom is -0.320 e. The normalized spacial score (nSPS) is 11.9. The van der Waals surface area contributed by atoms with Crippen LogP contribution in [0.2, 0.25) is 0 Å². The molecule has 1 heterocycles. The van der Waals surface area contributed by atoms with Gasteiger partial charge in [-0.3, -0.25) is 0 Å². The van der Waals surface area contributed by atoms with E-state index >= 15 is 0 Å². The summed E-state index contributed by atoms with van der Waals surface area (Å²) in [5.41, 5.74) is 0. The zero-order chi connectivity index (χ0) is 12.2. The van der Waals surface area contributed by atoms with Crippen molar-refractivity contribution in [3.63, 3.8) is 0 Å². The van der Waals surface area contributed by atoms with E-state index in [0.29, 0.717) is 6.54 Å². The van der Waals surface area contributed by atoms with Crippen molar-refractivity contribution in [2.45, 2.75) is 11.4 Å². The maximum absolute atomic E-state index is 11.8. The minimum absolute atomic E-state index is 0.0388. The standard InChI is InChI=1S/C7H14BrN5O2S/c1-9-4-3-5-10-16(14,15)7-6(8)11-12-13(7)2/h9-10H,3-5H2,1-2H3. The third kappa shape index (κ3) is 3.24. The number of sulfonamides is 1. The van der Waals surface area contributed by atoms with Crippen molar-refractivity contribution >= 4 is 26.0 Å². The summed E-state index contributed by atoms with van der Waals surface area (Å²) >= 11 is 3.05. The second-order valence-corrected chi connectivity index (χ2v) is 5.60. The van der Waals surface area contributed by atoms with E-state index < -0.39 is 10.0 Å². The van der Waals surface area contributed by atoms with E-state index in [1.54, 1.807) is 0 Å². The quantitative estimate of drug-likeness (QED) is 0.689. The van der Waals surface area contributed by atoms with E-state index in [2.05, 4.69) is 36.3 Å². The lowest BCUT2D eigenvalue weighted by atomic mass is 10.4. The van der Waals surface area contributed by atoms with Crippen LogP contribution in [0.25, 0.3) is 0 Å². The van der Waals surface area contributed by atoms with Gasteiger partial charge in [0.1, 0.15) is 0 Å². The first-order chi connectivity index (χ1) is 7.49. The summed E-state index contributed by atoms with van der Waals surface area (Å²) in [6.07, 6.45) is 0.721. The summed E-state index contributed by atoms with van der Waals surface area (Å²) < 4.78 is 27.6. The molecule has 0 atom stereocenters. The van der Waals surface area contributed by atoms with Crippen molar-refractivity contribution in [1.29, 1.82) is 0 Å². The molecule has 16 heavy (non-hydrogen) atoms. The fourth-order valence-electron chi connectivity index (χ4n) is 1.15. The Hall–Kier alpha value is -0.510. The zero-order valence-corrected chi connectivity index (χ0v) is 11.5. The predicted octanol–water partition coefficient (Wildman–Crippen LogP) is -0.535. The van der Waals surface area contributed by atoms with Gasteiger partial charge in [0.25, 0.3) is 10.0 Å². The third-order valence-corrected chi connectivity index (χ3v) is 4.23. The molecule has 0 amide bonds. The molecule has 1 rings (SSSR count). The lowest BCUT2D eigenvalue weighted by Gasteiger charge is -2.06. The number of aryl methyl sites for hydroxylation is 1. The number of nitrogens with one attached hydrogen (secondary N) is 2. The van der Waals surface area contributed by atoms with Gasteiger partial charge < -0.3 is 5.32 Å². The van der Waals surface area contributed by atoms with Gasteiger partial charge in [-0.1, -0.05) is 5.21 Å². The van der Waals surface area contributed by atoms with Crippen LogP contribution in [0.4, 0.5) is 0 Å². The van der Waals surface area contributed by atoms with Gasteiger partial charge in [-0.25, -0.2) is 17.8 Å². The van der Waals surface area contributed by atoms with Crippen molar-refractivity contribution < 1.29 is 8.42 Å². The molecule has 1 aromatic heterocycles. The van der Waals surface area contributed by atoms with Crippen LogP contribution < -0.4 is 10.0 Å². The van der Waals surface area contributed by atoms with Crippen LogP contribution in [0.5, 0.6) is 0 Å². The van der Waals surface area contributed by atoms with Gasteiger partial charge in [-0.15, -0.1) is 5.10 Å². The Balaban J connectivity index is 2.71. The molecule has 0 bridgehead atoms. The second kappa shape index (κ2) is 5.71. The molecule has 0 unspecified atom stereocenters. The van der Waals surface area contributed by atoms with Crippen molar-refractivity contribution in [3.8, 4) is 0 Å². The average molecular weight is 312 g/mol. The number of nitrogens with zero attached hydrogens (tertiary/aromatic N) is 3. The van der Waals surface area contributed by atoms with E-state index in [0.717, 1.165) is 13.0 Å². The third-order valence-electron chi connectivity index (χ3n) is 1.89. The molecular formula is C7H14BrN5O2S. The van der Waals surface area contributed by atoms with E-state index in [1.165, 1.54) is 11.7 Å². The summed E-state index contributed by atoms with van der Waals surface area (Å²) in [4.78, 5) is 0. The highest BCUT2D eigenvalue weighted by molar-refractivity contribution is 9.10. The number of halogens is 1. The van der Waals surface area contributed by atoms with E-state index in [4.69, 9.17) is 0 Å². The lowest BCUT2D eigenvalue weighted by molar-refractivity contribution is 0.557. The predicted molar refractivity (Wildman–Crippen MR) is 62.4 cm³/mol. The van der Waals surface area contributed by atoms with E-state index in [1.807, 2.05) is 7.05 Å². The smallest absolute Gasteiger partial charge is 0.260 e. The molecule has 0 spiro atoms. The molecule has 0 saturated heterocycles. The van der Waals surface area contributed by atoms with Gasteiger partial charge in [0.2, 0.25) is 5.03 Å². The van der Waals surface area contributed by atoms with E-state index in [-0.39, 0.29) is 9.63 Å². The highest BCUT2D eigenvalue weighted by Crippen LogP contribution is 2.17. The Kier molecular flexibility index (Phi) is 4.84. The zero-order valence-electron chi connectivity index (χ0n) is 9.07. The van der Waals surface area contributed by atoms with E-state index in [9.17, 15) is 8.42 Å². The van der Waals surface area contributed by atoms with Crippen LogP contribution in [-0.4, -0.2) is 43.5 Å². The maximum atomic E-state index is 11.8. The summed E-state index contributed by atoms with van der Waals surface area (Å²) in [6, 6.07) is 0. The average Bonchev–Trinajstić information content (AvgIpc) is 2.54. The molecule has 0 aromatic carbocycles. The van der Waals surface area contributed by atoms with Crippen LogP contribution in [0.15, 0.2) is 9.63 Å². The molecule has 9 heteroatoms. The van der Waals surface area contributed by atoms with Crippen molar-refractivity contribution in [3.05, 3.63) is 4.60 Å². The summed E-state index contributed by atoms with van der Waals surface area (Å²) in [5.74, 6) is 0. The Morgan fingerprint density at radius 2 is 2.12 bits per heavy atom. The number of hydrogen-bond acceptors (Lipinski definition) is 5. The van der Waals surface area contributed by atoms with Crippen LogP contribution in [0, 0.1) is 0 Å². The molecule has 7 nitrogen and oxygen atoms in total. The first-order valence-corrected chi connectivity index (χ1v) is 6.96. The summed E-state index contributed by atoms with van der Waals surface area (Å²) in [7, 11) is -0.202. The largest absolute Gasteiger partial charge is 0.320 e. The monoisotopic (exact) mass is 311 g/mol. The molecule has 0 aliphatic carbocycles. The number of hydrogen-bond donors (Lipinski definition) is 2. The fraction of sp³-hybridized carbons (Fsp3) is 0.714. The number of rotatable bonds is 6. The van der Waals surface area contributed by atoms with Crippen molar-refractivity contribution in [2.24, 2.45) is 7.05 Å². The molecule has 0 fully saturated rings. The summed E-state index contributed by atoms with van der Waals surface area (Å²) in [6.45, 7) is 1.13. The molecule has 2 N–H and O–H groups in total. The highest BCUT2D eigenvalue weighted by atomic mass is 79.9. The van der Waals surface area contributed by atoms with Crippen LogP contribution in [-0.2, 0) is 17.1 Å². The molecule has 0 aliphatic rings. The summed E-state index contributed by atoms with van der Waals surface area (Å²) in [5, 5.41) is 10.2. The lowest BCUT2D eigenvalue weighted by Crippen LogP contribution is -2.28. The molecule has 0 radical (unpaired) electrons. The van der Waals surface area contributed by atoms with Gasteiger partial charge in [0.15, 0.2) is 4.60 Å². The van der Waals surface area contributed by atoms with Crippen molar-refractivity contribution in [2.75, 3.05) is 20.1 Å². The Labute approximate surface area is 103 Å². The maximum Gasteiger partial charge on any atom is 0.260 e. The highest BCUT2D eigenvalue weighted by Gasteiger charge is 2.22. The second-order valence-electron chi connectivity index (χ2n) is 3.16. The van der Waals surface area contributed by atoms with Gasteiger partial charge in [-0.05, 0) is 35.9 Å². The Morgan fingerprint density at radius 1 is 1.44 bits per heavy atom. The topological polar surface area (TPSA) is 88.9 Å². The van der Waals surface area contributed by atoms with Gasteiger partial charge in [0.05, 0.1) is 0 Å².